The van der Waals surface area contributed by atoms with Crippen molar-refractivity contribution in [2.24, 2.45) is 0 Å². The predicted molar refractivity (Wildman–Crippen MR) is 48.3 cm³/mol. The molecule has 0 amide bonds. The van der Waals surface area contributed by atoms with E-state index in [4.69, 9.17) is 5.11 Å². The van der Waals surface area contributed by atoms with Crippen molar-refractivity contribution < 1.29 is 20.4 Å². The van der Waals surface area contributed by atoms with Crippen LogP contribution in [0.5, 0.6) is 17.2 Å². The topological polar surface area (TPSA) is 85.3 Å². The molecule has 2 aromatic heterocycles. The van der Waals surface area contributed by atoms with Crippen molar-refractivity contribution >= 4 is 5.52 Å². The van der Waals surface area contributed by atoms with E-state index in [2.05, 4.69) is 0 Å². The van der Waals surface area contributed by atoms with Crippen LogP contribution in [0.15, 0.2) is 18.3 Å². The standard InChI is InChI=1S/C9H9NO4/c11-4-6-8(13)9(14)7(12)5-2-1-3-10(5)6/h1-3,11-14H,4H2. The number of aliphatic hydroxyl groups excluding tert-OH is 1. The molecule has 0 atom stereocenters. The molecule has 0 radical (unpaired) electrons. The molecular weight excluding hydrogens is 186 g/mol. The van der Waals surface area contributed by atoms with Crippen LogP contribution in [0.3, 0.4) is 0 Å². The van der Waals surface area contributed by atoms with Gasteiger partial charge in [0.1, 0.15) is 0 Å². The van der Waals surface area contributed by atoms with Gasteiger partial charge in [0.25, 0.3) is 0 Å². The number of aromatic hydroxyl groups is 3. The highest BCUT2D eigenvalue weighted by atomic mass is 16.3. The molecule has 4 N–H and O–H groups in total. The van der Waals surface area contributed by atoms with Gasteiger partial charge in [-0.15, -0.1) is 0 Å². The van der Waals surface area contributed by atoms with Crippen LogP contribution < -0.4 is 0 Å². The van der Waals surface area contributed by atoms with Crippen molar-refractivity contribution in [3.8, 4) is 17.2 Å². The molecule has 2 aromatic rings. The van der Waals surface area contributed by atoms with Crippen LogP contribution in [-0.4, -0.2) is 24.8 Å². The van der Waals surface area contributed by atoms with Gasteiger partial charge in [0, 0.05) is 6.20 Å². The molecule has 0 unspecified atom stereocenters. The molecule has 74 valence electrons. The Hall–Kier alpha value is -1.88. The van der Waals surface area contributed by atoms with Gasteiger partial charge in [-0.05, 0) is 12.1 Å². The normalized spacial score (nSPS) is 10.9. The summed E-state index contributed by atoms with van der Waals surface area (Å²) in [7, 11) is 0. The van der Waals surface area contributed by atoms with Gasteiger partial charge in [-0.25, -0.2) is 0 Å². The summed E-state index contributed by atoms with van der Waals surface area (Å²) < 4.78 is 1.41. The Morgan fingerprint density at radius 3 is 2.43 bits per heavy atom. The van der Waals surface area contributed by atoms with Gasteiger partial charge < -0.3 is 24.8 Å². The van der Waals surface area contributed by atoms with E-state index in [1.54, 1.807) is 18.3 Å². The van der Waals surface area contributed by atoms with E-state index in [9.17, 15) is 15.3 Å². The van der Waals surface area contributed by atoms with E-state index >= 15 is 0 Å². The molecule has 0 aliphatic carbocycles. The van der Waals surface area contributed by atoms with E-state index in [-0.39, 0.29) is 5.69 Å². The average molecular weight is 195 g/mol. The Balaban J connectivity index is 2.95. The Morgan fingerprint density at radius 2 is 1.79 bits per heavy atom. The first-order valence-electron chi connectivity index (χ1n) is 4.00. The molecule has 0 fully saturated rings. The number of hydrogen-bond acceptors (Lipinski definition) is 4. The monoisotopic (exact) mass is 195 g/mol. The molecule has 2 heterocycles. The third-order valence-electron chi connectivity index (χ3n) is 2.15. The fraction of sp³-hybridized carbons (Fsp3) is 0.111. The molecule has 2 rings (SSSR count). The molecule has 14 heavy (non-hydrogen) atoms. The van der Waals surface area contributed by atoms with Gasteiger partial charge in [0.15, 0.2) is 11.5 Å². The number of aliphatic hydroxyl groups is 1. The molecule has 0 bridgehead atoms. The SMILES string of the molecule is OCc1c(O)c(O)c(O)c2cccn12. The van der Waals surface area contributed by atoms with Crippen LogP contribution in [0.2, 0.25) is 0 Å². The van der Waals surface area contributed by atoms with Crippen molar-refractivity contribution in [1.29, 1.82) is 0 Å². The minimum atomic E-state index is -0.611. The quantitative estimate of drug-likeness (QED) is 0.535. The van der Waals surface area contributed by atoms with Gasteiger partial charge in [-0.3, -0.25) is 0 Å². The largest absolute Gasteiger partial charge is 0.503 e. The lowest BCUT2D eigenvalue weighted by atomic mass is 10.2. The second kappa shape index (κ2) is 2.81. The smallest absolute Gasteiger partial charge is 0.204 e. The van der Waals surface area contributed by atoms with Gasteiger partial charge in [0.2, 0.25) is 5.75 Å². The van der Waals surface area contributed by atoms with Crippen LogP contribution in [0.1, 0.15) is 5.69 Å². The molecule has 0 aliphatic heterocycles. The Labute approximate surface area is 79.1 Å². The van der Waals surface area contributed by atoms with E-state index in [1.807, 2.05) is 0 Å². The minimum absolute atomic E-state index is 0.139. The Kier molecular flexibility index (Phi) is 1.75. The number of rotatable bonds is 1. The second-order valence-corrected chi connectivity index (χ2v) is 2.91. The Bertz CT molecular complexity index is 489. The van der Waals surface area contributed by atoms with Gasteiger partial charge in [-0.1, -0.05) is 0 Å². The summed E-state index contributed by atoms with van der Waals surface area (Å²) >= 11 is 0. The van der Waals surface area contributed by atoms with Crippen molar-refractivity contribution in [3.05, 3.63) is 24.0 Å². The molecule has 0 saturated carbocycles. The summed E-state index contributed by atoms with van der Waals surface area (Å²) in [5.41, 5.74) is 0.477. The summed E-state index contributed by atoms with van der Waals surface area (Å²) in [5.74, 6) is -1.52. The zero-order valence-electron chi connectivity index (χ0n) is 7.18. The van der Waals surface area contributed by atoms with Crippen LogP contribution in [0.4, 0.5) is 0 Å². The first-order chi connectivity index (χ1) is 6.66. The molecule has 0 saturated heterocycles. The van der Waals surface area contributed by atoms with Crippen LogP contribution in [0.25, 0.3) is 5.52 Å². The number of aromatic nitrogens is 1. The number of pyridine rings is 1. The Morgan fingerprint density at radius 1 is 1.07 bits per heavy atom. The third kappa shape index (κ3) is 0.928. The highest BCUT2D eigenvalue weighted by Crippen LogP contribution is 2.40. The molecular formula is C9H9NO4. The zero-order chi connectivity index (χ0) is 10.3. The maximum atomic E-state index is 9.44. The maximum Gasteiger partial charge on any atom is 0.204 e. The molecule has 5 nitrogen and oxygen atoms in total. The van der Waals surface area contributed by atoms with E-state index in [0.29, 0.717) is 5.52 Å². The van der Waals surface area contributed by atoms with Crippen LogP contribution in [0, 0.1) is 0 Å². The van der Waals surface area contributed by atoms with E-state index < -0.39 is 23.9 Å². The molecule has 0 spiro atoms. The van der Waals surface area contributed by atoms with E-state index in [0.717, 1.165) is 0 Å². The highest BCUT2D eigenvalue weighted by molar-refractivity contribution is 5.70. The van der Waals surface area contributed by atoms with Gasteiger partial charge >= 0.3 is 0 Å². The molecule has 5 heteroatoms. The lowest BCUT2D eigenvalue weighted by Crippen LogP contribution is -1.96. The summed E-state index contributed by atoms with van der Waals surface area (Å²) in [6.45, 7) is -0.426. The molecule has 0 aliphatic rings. The summed E-state index contributed by atoms with van der Waals surface area (Å²) in [4.78, 5) is 0. The van der Waals surface area contributed by atoms with Crippen LogP contribution >= 0.6 is 0 Å². The first kappa shape index (κ1) is 8.71. The fourth-order valence-corrected chi connectivity index (χ4v) is 1.44. The van der Waals surface area contributed by atoms with Crippen LogP contribution in [-0.2, 0) is 6.61 Å². The zero-order valence-corrected chi connectivity index (χ0v) is 7.18. The lowest BCUT2D eigenvalue weighted by molar-refractivity contribution is 0.264. The maximum absolute atomic E-state index is 9.44. The van der Waals surface area contributed by atoms with Crippen molar-refractivity contribution in [3.63, 3.8) is 0 Å². The highest BCUT2D eigenvalue weighted by Gasteiger charge is 2.16. The number of nitrogens with zero attached hydrogens (tertiary/aromatic N) is 1. The van der Waals surface area contributed by atoms with Gasteiger partial charge in [-0.2, -0.15) is 0 Å². The van der Waals surface area contributed by atoms with Crippen molar-refractivity contribution in [2.75, 3.05) is 0 Å². The fourth-order valence-electron chi connectivity index (χ4n) is 1.44. The summed E-state index contributed by atoms with van der Waals surface area (Å²) in [6.07, 6.45) is 1.57. The van der Waals surface area contributed by atoms with Gasteiger partial charge in [0.05, 0.1) is 17.8 Å². The molecule has 0 aromatic carbocycles. The minimum Gasteiger partial charge on any atom is -0.503 e. The lowest BCUT2D eigenvalue weighted by Gasteiger charge is -2.09. The van der Waals surface area contributed by atoms with Crippen molar-refractivity contribution in [1.82, 2.24) is 4.40 Å². The summed E-state index contributed by atoms with van der Waals surface area (Å²) in [5, 5.41) is 37.1. The summed E-state index contributed by atoms with van der Waals surface area (Å²) in [6, 6.07) is 3.20. The predicted octanol–water partition coefficient (Wildman–Crippen LogP) is 0.548. The average Bonchev–Trinajstić information content (AvgIpc) is 2.64. The third-order valence-corrected chi connectivity index (χ3v) is 2.15. The van der Waals surface area contributed by atoms with Crippen molar-refractivity contribution in [2.45, 2.75) is 6.61 Å². The second-order valence-electron chi connectivity index (χ2n) is 2.91. The number of fused-ring (bicyclic) bond motifs is 1. The first-order valence-corrected chi connectivity index (χ1v) is 4.00. The van der Waals surface area contributed by atoms with E-state index in [1.165, 1.54) is 4.40 Å². The number of hydrogen-bond donors (Lipinski definition) is 4.